The average molecular weight is 252 g/mol. The molecule has 2 bridgehead atoms. The zero-order chi connectivity index (χ0) is 13.1. The maximum atomic E-state index is 6.38. The lowest BCUT2D eigenvalue weighted by atomic mass is 9.96. The van der Waals surface area contributed by atoms with E-state index in [1.54, 1.807) is 0 Å². The summed E-state index contributed by atoms with van der Waals surface area (Å²) in [6, 6.07) is 0. The van der Waals surface area contributed by atoms with Gasteiger partial charge in [-0.3, -0.25) is 0 Å². The molecule has 0 amide bonds. The molecule has 6 unspecified atom stereocenters. The number of hydrogen-bond acceptors (Lipinski definition) is 1. The van der Waals surface area contributed by atoms with Crippen molar-refractivity contribution in [3.05, 3.63) is 0 Å². The Hall–Kier alpha value is -0.0400. The molecule has 0 radical (unpaired) electrons. The van der Waals surface area contributed by atoms with Gasteiger partial charge in [-0.1, -0.05) is 27.2 Å². The molecular weight excluding hydrogens is 220 g/mol. The van der Waals surface area contributed by atoms with E-state index in [9.17, 15) is 0 Å². The molecule has 3 rings (SSSR count). The van der Waals surface area contributed by atoms with E-state index in [1.165, 1.54) is 44.9 Å². The molecule has 3 fully saturated rings. The molecule has 0 saturated heterocycles. The summed E-state index contributed by atoms with van der Waals surface area (Å²) in [7, 11) is 0. The Labute approximate surface area is 114 Å². The molecule has 0 heterocycles. The highest BCUT2D eigenvalue weighted by atomic mass is 16.5. The number of rotatable bonds is 3. The molecule has 3 aliphatic carbocycles. The minimum atomic E-state index is 0.522. The summed E-state index contributed by atoms with van der Waals surface area (Å²) >= 11 is 0. The van der Waals surface area contributed by atoms with Gasteiger partial charge in [-0.25, -0.2) is 0 Å². The number of ether oxygens (including phenoxy) is 1. The average Bonchev–Trinajstić information content (AvgIpc) is 3.07. The van der Waals surface area contributed by atoms with Crippen LogP contribution in [0.3, 0.4) is 0 Å². The molecule has 0 aromatic carbocycles. The van der Waals surface area contributed by atoms with Gasteiger partial charge in [0.2, 0.25) is 0 Å². The summed E-state index contributed by atoms with van der Waals surface area (Å²) in [6.45, 7) is 8.72. The van der Waals surface area contributed by atoms with E-state index in [0.29, 0.717) is 12.2 Å². The van der Waals surface area contributed by atoms with Gasteiger partial charge in [0.05, 0.1) is 12.2 Å². The Kier molecular flexibility index (Phi) is 5.12. The summed E-state index contributed by atoms with van der Waals surface area (Å²) in [4.78, 5) is 0. The van der Waals surface area contributed by atoms with Crippen LogP contribution >= 0.6 is 0 Å². The van der Waals surface area contributed by atoms with Crippen molar-refractivity contribution in [2.24, 2.45) is 23.7 Å². The van der Waals surface area contributed by atoms with Crippen LogP contribution in [0, 0.1) is 23.7 Å². The van der Waals surface area contributed by atoms with Crippen LogP contribution in [0.5, 0.6) is 0 Å². The first-order chi connectivity index (χ1) is 8.72. The second kappa shape index (κ2) is 6.41. The summed E-state index contributed by atoms with van der Waals surface area (Å²) in [6.07, 6.45) is 11.2. The van der Waals surface area contributed by atoms with Gasteiger partial charge in [0, 0.05) is 0 Å². The van der Waals surface area contributed by atoms with Gasteiger partial charge in [-0.05, 0) is 69.1 Å². The lowest BCUT2D eigenvalue weighted by Gasteiger charge is -2.29. The molecule has 0 aliphatic heterocycles. The van der Waals surface area contributed by atoms with Crippen LogP contribution < -0.4 is 0 Å². The van der Waals surface area contributed by atoms with Crippen LogP contribution in [0.4, 0.5) is 0 Å². The molecule has 0 aromatic rings. The van der Waals surface area contributed by atoms with Crippen molar-refractivity contribution >= 4 is 0 Å². The van der Waals surface area contributed by atoms with Crippen molar-refractivity contribution in [2.45, 2.75) is 84.8 Å². The molecule has 3 aliphatic rings. The van der Waals surface area contributed by atoms with Crippen molar-refractivity contribution in [3.63, 3.8) is 0 Å². The third-order valence-electron chi connectivity index (χ3n) is 5.46. The van der Waals surface area contributed by atoms with Crippen LogP contribution in [0.1, 0.15) is 72.6 Å². The van der Waals surface area contributed by atoms with Gasteiger partial charge in [-0.15, -0.1) is 0 Å². The van der Waals surface area contributed by atoms with Crippen LogP contribution in [0.2, 0.25) is 0 Å². The van der Waals surface area contributed by atoms with Crippen molar-refractivity contribution in [1.29, 1.82) is 0 Å². The predicted molar refractivity (Wildman–Crippen MR) is 77.6 cm³/mol. The third-order valence-corrected chi connectivity index (χ3v) is 5.46. The maximum Gasteiger partial charge on any atom is 0.0609 e. The molecule has 0 aromatic heterocycles. The fourth-order valence-electron chi connectivity index (χ4n) is 4.42. The van der Waals surface area contributed by atoms with E-state index in [4.69, 9.17) is 4.74 Å². The first-order valence-electron chi connectivity index (χ1n) is 8.38. The van der Waals surface area contributed by atoms with Crippen molar-refractivity contribution < 1.29 is 4.74 Å². The molecule has 106 valence electrons. The van der Waals surface area contributed by atoms with Gasteiger partial charge in [-0.2, -0.15) is 0 Å². The monoisotopic (exact) mass is 252 g/mol. The SMILES string of the molecule is CC.CC1CCC(C(C)OC2CC3CCC2C3)C1. The van der Waals surface area contributed by atoms with Gasteiger partial charge in [0.25, 0.3) is 0 Å². The largest absolute Gasteiger partial charge is 0.375 e. The van der Waals surface area contributed by atoms with Gasteiger partial charge < -0.3 is 4.74 Å². The maximum absolute atomic E-state index is 6.38. The Balaban J connectivity index is 0.000000574. The van der Waals surface area contributed by atoms with Crippen LogP contribution in [0.15, 0.2) is 0 Å². The fourth-order valence-corrected chi connectivity index (χ4v) is 4.42. The first-order valence-corrected chi connectivity index (χ1v) is 8.38. The standard InChI is InChI=1S/C15H26O.C2H6/c1-10-3-5-13(7-10)11(2)16-15-9-12-4-6-14(15)8-12;1-2/h10-15H,3-9H2,1-2H3;1-2H3. The highest BCUT2D eigenvalue weighted by Crippen LogP contribution is 2.47. The lowest BCUT2D eigenvalue weighted by Crippen LogP contribution is -2.29. The van der Waals surface area contributed by atoms with Crippen LogP contribution in [0.25, 0.3) is 0 Å². The van der Waals surface area contributed by atoms with E-state index < -0.39 is 0 Å². The molecule has 1 nitrogen and oxygen atoms in total. The number of fused-ring (bicyclic) bond motifs is 2. The summed E-state index contributed by atoms with van der Waals surface area (Å²) < 4.78 is 6.38. The normalized spacial score (nSPS) is 43.7. The summed E-state index contributed by atoms with van der Waals surface area (Å²) in [5, 5.41) is 0. The summed E-state index contributed by atoms with van der Waals surface area (Å²) in [5.41, 5.74) is 0. The minimum absolute atomic E-state index is 0.522. The molecule has 6 atom stereocenters. The predicted octanol–water partition coefficient (Wildman–Crippen LogP) is 5.04. The second-order valence-electron chi connectivity index (χ2n) is 6.73. The highest BCUT2D eigenvalue weighted by Gasteiger charge is 2.41. The van der Waals surface area contributed by atoms with Gasteiger partial charge in [0.1, 0.15) is 0 Å². The lowest BCUT2D eigenvalue weighted by molar-refractivity contribution is -0.0557. The van der Waals surface area contributed by atoms with Crippen molar-refractivity contribution in [2.75, 3.05) is 0 Å². The Morgan fingerprint density at radius 1 is 0.944 bits per heavy atom. The highest BCUT2D eigenvalue weighted by molar-refractivity contribution is 4.92. The third kappa shape index (κ3) is 3.10. The van der Waals surface area contributed by atoms with E-state index in [-0.39, 0.29) is 0 Å². The second-order valence-corrected chi connectivity index (χ2v) is 6.73. The zero-order valence-corrected chi connectivity index (χ0v) is 12.8. The smallest absolute Gasteiger partial charge is 0.0609 e. The van der Waals surface area contributed by atoms with Gasteiger partial charge >= 0.3 is 0 Å². The van der Waals surface area contributed by atoms with Crippen molar-refractivity contribution in [3.8, 4) is 0 Å². The Morgan fingerprint density at radius 3 is 2.22 bits per heavy atom. The molecule has 0 N–H and O–H groups in total. The Bertz CT molecular complexity index is 250. The fraction of sp³-hybridized carbons (Fsp3) is 1.00. The molecule has 1 heteroatoms. The quantitative estimate of drug-likeness (QED) is 0.683. The Morgan fingerprint density at radius 2 is 1.72 bits per heavy atom. The van der Waals surface area contributed by atoms with E-state index in [0.717, 1.165) is 23.7 Å². The molecular formula is C17H32O. The van der Waals surface area contributed by atoms with E-state index in [2.05, 4.69) is 13.8 Å². The summed E-state index contributed by atoms with van der Waals surface area (Å²) in [5.74, 6) is 3.74. The molecule has 3 saturated carbocycles. The van der Waals surface area contributed by atoms with E-state index in [1.807, 2.05) is 13.8 Å². The van der Waals surface area contributed by atoms with Crippen LogP contribution in [-0.2, 0) is 4.74 Å². The van der Waals surface area contributed by atoms with Crippen molar-refractivity contribution in [1.82, 2.24) is 0 Å². The minimum Gasteiger partial charge on any atom is -0.375 e. The topological polar surface area (TPSA) is 9.23 Å². The number of hydrogen-bond donors (Lipinski definition) is 0. The zero-order valence-electron chi connectivity index (χ0n) is 12.8. The van der Waals surface area contributed by atoms with E-state index >= 15 is 0 Å². The first kappa shape index (κ1) is 14.4. The molecule has 0 spiro atoms. The van der Waals surface area contributed by atoms with Gasteiger partial charge in [0.15, 0.2) is 0 Å². The molecule has 18 heavy (non-hydrogen) atoms. The van der Waals surface area contributed by atoms with Crippen LogP contribution in [-0.4, -0.2) is 12.2 Å².